The number of hydrogen-bond acceptors (Lipinski definition) is 7. The minimum Gasteiger partial charge on any atom is -0.444 e. The second-order valence-corrected chi connectivity index (χ2v) is 14.2. The summed E-state index contributed by atoms with van der Waals surface area (Å²) < 4.78 is 5.34. The molecule has 3 amide bonds. The topological polar surface area (TPSA) is 148 Å². The molecule has 0 unspecified atom stereocenters. The third-order valence-corrected chi connectivity index (χ3v) is 8.49. The van der Waals surface area contributed by atoms with Crippen LogP contribution in [0.2, 0.25) is 0 Å². The Morgan fingerprint density at radius 3 is 1.67 bits per heavy atom. The Hall–Kier alpha value is -4.80. The van der Waals surface area contributed by atoms with E-state index in [4.69, 9.17) is 10.5 Å². The number of benzene rings is 2. The van der Waals surface area contributed by atoms with E-state index in [-0.39, 0.29) is 48.1 Å². The Morgan fingerprint density at radius 2 is 1.22 bits per heavy atom. The molecule has 51 heavy (non-hydrogen) atoms. The van der Waals surface area contributed by atoms with Gasteiger partial charge in [0.2, 0.25) is 11.8 Å². The number of rotatable bonds is 9. The van der Waals surface area contributed by atoms with Crippen molar-refractivity contribution in [3.05, 3.63) is 95.8 Å². The number of halogens is 1. The molecule has 10 nitrogen and oxygen atoms in total. The molecule has 2 fully saturated rings. The molecule has 2 aromatic heterocycles. The van der Waals surface area contributed by atoms with Crippen molar-refractivity contribution in [2.24, 2.45) is 17.6 Å². The van der Waals surface area contributed by atoms with Gasteiger partial charge in [-0.1, -0.05) is 42.5 Å². The van der Waals surface area contributed by atoms with Crippen LogP contribution in [-0.2, 0) is 14.3 Å². The minimum absolute atomic E-state index is 0. The molecule has 0 spiro atoms. The van der Waals surface area contributed by atoms with Crippen molar-refractivity contribution in [3.63, 3.8) is 0 Å². The Bertz CT molecular complexity index is 1830. The molecule has 0 radical (unpaired) electrons. The molecule has 2 aromatic carbocycles. The van der Waals surface area contributed by atoms with E-state index in [0.29, 0.717) is 11.6 Å². The average Bonchev–Trinajstić information content (AvgIpc) is 3.98. The van der Waals surface area contributed by atoms with Crippen LogP contribution >= 0.6 is 12.4 Å². The van der Waals surface area contributed by atoms with Crippen LogP contribution in [-0.4, -0.2) is 33.5 Å². The number of aryl methyl sites for hydroxylation is 1. The van der Waals surface area contributed by atoms with E-state index in [1.165, 1.54) is 0 Å². The summed E-state index contributed by atoms with van der Waals surface area (Å²) in [5.74, 6) is 1.62. The first-order valence-corrected chi connectivity index (χ1v) is 17.3. The fourth-order valence-corrected chi connectivity index (χ4v) is 5.39. The first kappa shape index (κ1) is 39.0. The number of hydrogen-bond donors (Lipinski definition) is 4. The lowest BCUT2D eigenvalue weighted by molar-refractivity contribution is -0.118. The standard InChI is InChI=1S/C23H29N3O3.C17H19N3O.ClH/c1-14-12-17(8-9-19(14)15(2)25-22(28)29-23(3,4)5)18-10-11-24-20(13-18)26-21(27)16-6-7-16;1-11(18)12-2-4-13(5-3-12)15-8-9-19-16(10-15)20-17(21)14-6-7-14;/h8-13,15-16H,6-7H2,1-5H3,(H,25,28)(H,24,26,27);2-5,8-11,14H,6-7,18H2,1H3,(H,19,20,21);1H/t15-;11-;/m11./s1. The van der Waals surface area contributed by atoms with Crippen molar-refractivity contribution in [2.45, 2.75) is 84.9 Å². The number of pyridine rings is 2. The zero-order valence-electron chi connectivity index (χ0n) is 30.2. The Balaban J connectivity index is 0.000000235. The summed E-state index contributed by atoms with van der Waals surface area (Å²) in [5, 5.41) is 8.64. The van der Waals surface area contributed by atoms with Gasteiger partial charge in [-0.25, -0.2) is 14.8 Å². The predicted octanol–water partition coefficient (Wildman–Crippen LogP) is 8.53. The SMILES string of the molecule is C[C@@H](N)c1ccc(-c2ccnc(NC(=O)C3CC3)c2)cc1.Cc1cc(-c2ccnc(NC(=O)C3CC3)c2)ccc1[C@@H](C)NC(=O)OC(C)(C)C.Cl. The van der Waals surface area contributed by atoms with E-state index in [9.17, 15) is 14.4 Å². The van der Waals surface area contributed by atoms with Crippen LogP contribution in [0.5, 0.6) is 0 Å². The molecule has 0 bridgehead atoms. The number of nitrogens with two attached hydrogens (primary N) is 1. The van der Waals surface area contributed by atoms with E-state index >= 15 is 0 Å². The summed E-state index contributed by atoms with van der Waals surface area (Å²) >= 11 is 0. The van der Waals surface area contributed by atoms with Crippen LogP contribution in [0, 0.1) is 18.8 Å². The first-order chi connectivity index (χ1) is 23.8. The lowest BCUT2D eigenvalue weighted by Gasteiger charge is -2.23. The number of carbonyl (C=O) groups is 3. The summed E-state index contributed by atoms with van der Waals surface area (Å²) in [7, 11) is 0. The molecule has 270 valence electrons. The molecule has 0 saturated heterocycles. The van der Waals surface area contributed by atoms with Crippen LogP contribution in [0.3, 0.4) is 0 Å². The summed E-state index contributed by atoms with van der Waals surface area (Å²) in [4.78, 5) is 44.3. The molecular weight excluding hydrogens is 664 g/mol. The van der Waals surface area contributed by atoms with E-state index in [1.807, 2.05) is 102 Å². The van der Waals surface area contributed by atoms with Gasteiger partial charge >= 0.3 is 6.09 Å². The quantitative estimate of drug-likeness (QED) is 0.136. The van der Waals surface area contributed by atoms with Crippen molar-refractivity contribution in [1.29, 1.82) is 0 Å². The maximum absolute atomic E-state index is 12.0. The maximum atomic E-state index is 12.0. The highest BCUT2D eigenvalue weighted by molar-refractivity contribution is 5.94. The van der Waals surface area contributed by atoms with E-state index in [1.54, 1.807) is 12.4 Å². The van der Waals surface area contributed by atoms with E-state index in [2.05, 4.69) is 32.0 Å². The Morgan fingerprint density at radius 1 is 0.745 bits per heavy atom. The smallest absolute Gasteiger partial charge is 0.408 e. The van der Waals surface area contributed by atoms with Crippen molar-refractivity contribution >= 4 is 42.0 Å². The normalized spacial score (nSPS) is 14.8. The number of alkyl carbamates (subject to hydrolysis) is 1. The van der Waals surface area contributed by atoms with Crippen molar-refractivity contribution < 1.29 is 19.1 Å². The second-order valence-electron chi connectivity index (χ2n) is 14.2. The predicted molar refractivity (Wildman–Crippen MR) is 204 cm³/mol. The van der Waals surface area contributed by atoms with Crippen LogP contribution < -0.4 is 21.7 Å². The fraction of sp³-hybridized carbons (Fsp3) is 0.375. The van der Waals surface area contributed by atoms with E-state index in [0.717, 1.165) is 64.6 Å². The highest BCUT2D eigenvalue weighted by Crippen LogP contribution is 2.32. The van der Waals surface area contributed by atoms with Gasteiger partial charge in [0.15, 0.2) is 0 Å². The lowest BCUT2D eigenvalue weighted by Crippen LogP contribution is -2.34. The van der Waals surface area contributed by atoms with Crippen LogP contribution in [0.25, 0.3) is 22.3 Å². The minimum atomic E-state index is -0.531. The average molecular weight is 713 g/mol. The number of anilines is 2. The molecule has 4 aromatic rings. The molecule has 2 heterocycles. The van der Waals surface area contributed by atoms with Crippen LogP contribution in [0.4, 0.5) is 16.4 Å². The summed E-state index contributed by atoms with van der Waals surface area (Å²) in [6.45, 7) is 11.4. The van der Waals surface area contributed by atoms with Crippen LogP contribution in [0.15, 0.2) is 79.1 Å². The lowest BCUT2D eigenvalue weighted by atomic mass is 9.97. The number of amides is 3. The molecule has 2 aliphatic carbocycles. The van der Waals surface area contributed by atoms with Gasteiger partial charge in [0.25, 0.3) is 0 Å². The van der Waals surface area contributed by atoms with Gasteiger partial charge < -0.3 is 26.4 Å². The van der Waals surface area contributed by atoms with Gasteiger partial charge in [0.05, 0.1) is 6.04 Å². The third kappa shape index (κ3) is 11.6. The molecule has 5 N–H and O–H groups in total. The van der Waals surface area contributed by atoms with Gasteiger partial charge in [0.1, 0.15) is 17.2 Å². The molecule has 0 aliphatic heterocycles. The van der Waals surface area contributed by atoms with Gasteiger partial charge in [-0.3, -0.25) is 9.59 Å². The molecule has 2 saturated carbocycles. The summed E-state index contributed by atoms with van der Waals surface area (Å²) in [6, 6.07) is 21.7. The van der Waals surface area contributed by atoms with Gasteiger partial charge in [-0.15, -0.1) is 12.4 Å². The molecule has 11 heteroatoms. The van der Waals surface area contributed by atoms with Gasteiger partial charge in [-0.05, 0) is 130 Å². The number of nitrogens with zero attached hydrogens (tertiary/aromatic N) is 2. The molecule has 6 rings (SSSR count). The van der Waals surface area contributed by atoms with Gasteiger partial charge in [-0.2, -0.15) is 0 Å². The molecule has 2 aliphatic rings. The maximum Gasteiger partial charge on any atom is 0.408 e. The largest absolute Gasteiger partial charge is 0.444 e. The first-order valence-electron chi connectivity index (χ1n) is 17.3. The van der Waals surface area contributed by atoms with E-state index < -0.39 is 11.7 Å². The van der Waals surface area contributed by atoms with Crippen molar-refractivity contribution in [1.82, 2.24) is 15.3 Å². The highest BCUT2D eigenvalue weighted by Gasteiger charge is 2.30. The van der Waals surface area contributed by atoms with Gasteiger partial charge in [0, 0.05) is 30.3 Å². The van der Waals surface area contributed by atoms with Crippen molar-refractivity contribution in [3.8, 4) is 22.3 Å². The summed E-state index contributed by atoms with van der Waals surface area (Å²) in [6.07, 6.45) is 6.89. The fourth-order valence-electron chi connectivity index (χ4n) is 5.39. The number of nitrogens with one attached hydrogen (secondary N) is 3. The molecule has 2 atom stereocenters. The number of carbonyl (C=O) groups excluding carboxylic acids is 3. The highest BCUT2D eigenvalue weighted by atomic mass is 35.5. The third-order valence-electron chi connectivity index (χ3n) is 8.49. The Kier molecular flexibility index (Phi) is 13.0. The zero-order valence-corrected chi connectivity index (χ0v) is 31.0. The Labute approximate surface area is 306 Å². The zero-order chi connectivity index (χ0) is 36.0. The van der Waals surface area contributed by atoms with Crippen LogP contribution in [0.1, 0.15) is 89.1 Å². The summed E-state index contributed by atoms with van der Waals surface area (Å²) in [5.41, 5.74) is 12.6. The van der Waals surface area contributed by atoms with Crippen molar-refractivity contribution in [2.75, 3.05) is 10.6 Å². The second kappa shape index (κ2) is 16.9. The monoisotopic (exact) mass is 712 g/mol. The number of aromatic nitrogens is 2. The number of ether oxygens (including phenoxy) is 1. The molecular formula is C40H49ClN6O4.